The molecule has 1 saturated heterocycles. The first kappa shape index (κ1) is 13.9. The lowest BCUT2D eigenvalue weighted by molar-refractivity contribution is 0.100. The zero-order chi connectivity index (χ0) is 15.0. The molecule has 3 rings (SSSR count). The van der Waals surface area contributed by atoms with E-state index >= 15 is 0 Å². The lowest BCUT2D eigenvalue weighted by Crippen LogP contribution is -2.27. The fourth-order valence-corrected chi connectivity index (χ4v) is 2.94. The fourth-order valence-electron chi connectivity index (χ4n) is 2.94. The maximum absolute atomic E-state index is 11.4. The second kappa shape index (κ2) is 5.37. The van der Waals surface area contributed by atoms with Gasteiger partial charge in [-0.1, -0.05) is 6.07 Å². The maximum Gasteiger partial charge on any atom is 0.298 e. The van der Waals surface area contributed by atoms with Gasteiger partial charge in [0.2, 0.25) is 0 Å². The number of hydrogen-bond donors (Lipinski definition) is 1. The molecule has 1 aromatic carbocycles. The number of hydrogen-bond acceptors (Lipinski definition) is 5. The van der Waals surface area contributed by atoms with Gasteiger partial charge in [0.05, 0.1) is 5.56 Å². The number of carbonyl (C=O) groups excluding carboxylic acids is 1. The van der Waals surface area contributed by atoms with Gasteiger partial charge in [-0.25, -0.2) is 0 Å². The van der Waals surface area contributed by atoms with Crippen molar-refractivity contribution in [1.82, 2.24) is 9.88 Å². The van der Waals surface area contributed by atoms with Crippen molar-refractivity contribution in [3.8, 4) is 0 Å². The Kier molecular flexibility index (Phi) is 3.55. The van der Waals surface area contributed by atoms with Gasteiger partial charge in [0.25, 0.3) is 11.9 Å². The van der Waals surface area contributed by atoms with Gasteiger partial charge in [0.1, 0.15) is 5.52 Å². The summed E-state index contributed by atoms with van der Waals surface area (Å²) in [5.41, 5.74) is 6.90. The molecule has 112 valence electrons. The number of fused-ring (bicyclic) bond motifs is 1. The van der Waals surface area contributed by atoms with Crippen LogP contribution in [0.15, 0.2) is 22.6 Å². The number of benzene rings is 1. The molecule has 6 heteroatoms. The molecule has 1 aromatic heterocycles. The summed E-state index contributed by atoms with van der Waals surface area (Å²) in [5.74, 6) is 0.131. The molecule has 1 fully saturated rings. The third kappa shape index (κ3) is 2.71. The molecular weight excluding hydrogens is 268 g/mol. The van der Waals surface area contributed by atoms with Crippen molar-refractivity contribution in [2.45, 2.75) is 6.42 Å². The van der Waals surface area contributed by atoms with Crippen molar-refractivity contribution in [3.05, 3.63) is 23.8 Å². The van der Waals surface area contributed by atoms with E-state index in [1.54, 1.807) is 18.2 Å². The molecule has 0 bridgehead atoms. The van der Waals surface area contributed by atoms with Crippen molar-refractivity contribution in [1.29, 1.82) is 0 Å². The molecule has 1 aliphatic heterocycles. The highest BCUT2D eigenvalue weighted by Crippen LogP contribution is 2.25. The van der Waals surface area contributed by atoms with Crippen LogP contribution >= 0.6 is 0 Å². The highest BCUT2D eigenvalue weighted by atomic mass is 16.4. The van der Waals surface area contributed by atoms with Crippen LogP contribution in [0.4, 0.5) is 6.01 Å². The number of amides is 1. The number of aromatic nitrogens is 1. The average molecular weight is 288 g/mol. The number of para-hydroxylation sites is 1. The maximum atomic E-state index is 11.4. The zero-order valence-corrected chi connectivity index (χ0v) is 12.4. The summed E-state index contributed by atoms with van der Waals surface area (Å²) in [6, 6.07) is 5.76. The molecule has 1 amide bonds. The molecule has 1 aliphatic rings. The third-order valence-electron chi connectivity index (χ3n) is 4.02. The standard InChI is InChI=1S/C15H20N4O2/c1-18-7-6-10(8-18)9-19(2)15-17-13-11(14(16)20)4-3-5-12(13)21-15/h3-5,10H,6-9H2,1-2H3,(H2,16,20). The van der Waals surface area contributed by atoms with Crippen LogP contribution in [0.1, 0.15) is 16.8 Å². The second-order valence-electron chi connectivity index (χ2n) is 5.81. The molecule has 2 N–H and O–H groups in total. The first-order chi connectivity index (χ1) is 10.0. The quantitative estimate of drug-likeness (QED) is 0.918. The third-order valence-corrected chi connectivity index (χ3v) is 4.02. The summed E-state index contributed by atoms with van der Waals surface area (Å²) >= 11 is 0. The molecule has 2 aromatic rings. The van der Waals surface area contributed by atoms with Crippen molar-refractivity contribution in [2.24, 2.45) is 11.7 Å². The highest BCUT2D eigenvalue weighted by molar-refractivity contribution is 6.03. The Hall–Kier alpha value is -2.08. The van der Waals surface area contributed by atoms with Crippen molar-refractivity contribution >= 4 is 23.0 Å². The number of primary amides is 1. The summed E-state index contributed by atoms with van der Waals surface area (Å²) in [4.78, 5) is 20.2. The van der Waals surface area contributed by atoms with Crippen LogP contribution in [-0.2, 0) is 0 Å². The smallest absolute Gasteiger partial charge is 0.298 e. The summed E-state index contributed by atoms with van der Waals surface area (Å²) in [5, 5.41) is 0. The number of carbonyl (C=O) groups is 1. The molecule has 1 unspecified atom stereocenters. The fraction of sp³-hybridized carbons (Fsp3) is 0.467. The highest BCUT2D eigenvalue weighted by Gasteiger charge is 2.23. The van der Waals surface area contributed by atoms with Crippen LogP contribution in [0.25, 0.3) is 11.1 Å². The minimum Gasteiger partial charge on any atom is -0.423 e. The molecule has 21 heavy (non-hydrogen) atoms. The van der Waals surface area contributed by atoms with Crippen LogP contribution < -0.4 is 10.6 Å². The lowest BCUT2D eigenvalue weighted by atomic mass is 10.1. The molecule has 0 saturated carbocycles. The largest absolute Gasteiger partial charge is 0.423 e. The summed E-state index contributed by atoms with van der Waals surface area (Å²) in [6.45, 7) is 3.12. The van der Waals surface area contributed by atoms with E-state index in [0.717, 1.165) is 19.6 Å². The van der Waals surface area contributed by atoms with E-state index in [-0.39, 0.29) is 0 Å². The van der Waals surface area contributed by atoms with Gasteiger partial charge >= 0.3 is 0 Å². The van der Waals surface area contributed by atoms with E-state index < -0.39 is 5.91 Å². The Bertz CT molecular complexity index is 667. The zero-order valence-electron chi connectivity index (χ0n) is 12.4. The number of likely N-dealkylation sites (tertiary alicyclic amines) is 1. The Morgan fingerprint density at radius 3 is 3.05 bits per heavy atom. The van der Waals surface area contributed by atoms with Gasteiger partial charge in [-0.05, 0) is 38.1 Å². The predicted octanol–water partition coefficient (Wildman–Crippen LogP) is 1.31. The Balaban J connectivity index is 1.83. The summed E-state index contributed by atoms with van der Waals surface area (Å²) in [6.07, 6.45) is 1.19. The van der Waals surface area contributed by atoms with E-state index in [2.05, 4.69) is 16.9 Å². The number of nitrogens with two attached hydrogens (primary N) is 1. The predicted molar refractivity (Wildman–Crippen MR) is 81.4 cm³/mol. The topological polar surface area (TPSA) is 75.6 Å². The second-order valence-corrected chi connectivity index (χ2v) is 5.81. The first-order valence-corrected chi connectivity index (χ1v) is 7.13. The lowest BCUT2D eigenvalue weighted by Gasteiger charge is -2.18. The number of anilines is 1. The van der Waals surface area contributed by atoms with Crippen molar-refractivity contribution in [3.63, 3.8) is 0 Å². The van der Waals surface area contributed by atoms with E-state index in [9.17, 15) is 4.79 Å². The normalized spacial score (nSPS) is 19.2. The summed E-state index contributed by atoms with van der Waals surface area (Å²) < 4.78 is 5.75. The average Bonchev–Trinajstić information content (AvgIpc) is 3.04. The first-order valence-electron chi connectivity index (χ1n) is 7.13. The summed E-state index contributed by atoms with van der Waals surface area (Å²) in [7, 11) is 4.10. The molecule has 0 radical (unpaired) electrons. The molecule has 2 heterocycles. The molecule has 0 aliphatic carbocycles. The van der Waals surface area contributed by atoms with E-state index in [1.165, 1.54) is 6.42 Å². The number of nitrogens with zero attached hydrogens (tertiary/aromatic N) is 3. The Labute approximate surface area is 123 Å². The van der Waals surface area contributed by atoms with Crippen LogP contribution in [-0.4, -0.2) is 49.5 Å². The van der Waals surface area contributed by atoms with Gasteiger partial charge in [-0.15, -0.1) is 0 Å². The molecule has 1 atom stereocenters. The van der Waals surface area contributed by atoms with E-state index in [0.29, 0.717) is 28.6 Å². The monoisotopic (exact) mass is 288 g/mol. The Morgan fingerprint density at radius 1 is 1.57 bits per heavy atom. The molecular formula is C15H20N4O2. The van der Waals surface area contributed by atoms with Crippen LogP contribution in [0.5, 0.6) is 0 Å². The number of oxazole rings is 1. The minimum atomic E-state index is -0.486. The van der Waals surface area contributed by atoms with Gasteiger partial charge in [0.15, 0.2) is 5.58 Å². The van der Waals surface area contributed by atoms with E-state index in [1.807, 2.05) is 11.9 Å². The van der Waals surface area contributed by atoms with Crippen LogP contribution in [0.3, 0.4) is 0 Å². The van der Waals surface area contributed by atoms with E-state index in [4.69, 9.17) is 10.2 Å². The SMILES string of the molecule is CN1CCC(CN(C)c2nc3c(C(N)=O)cccc3o2)C1. The number of rotatable bonds is 4. The van der Waals surface area contributed by atoms with Crippen molar-refractivity contribution in [2.75, 3.05) is 38.6 Å². The van der Waals surface area contributed by atoms with Gasteiger partial charge in [-0.2, -0.15) is 4.98 Å². The van der Waals surface area contributed by atoms with Gasteiger partial charge < -0.3 is 20.0 Å². The van der Waals surface area contributed by atoms with Gasteiger partial charge in [0, 0.05) is 20.1 Å². The van der Waals surface area contributed by atoms with Crippen LogP contribution in [0, 0.1) is 5.92 Å². The minimum absolute atomic E-state index is 0.400. The van der Waals surface area contributed by atoms with Crippen LogP contribution in [0.2, 0.25) is 0 Å². The molecule has 6 nitrogen and oxygen atoms in total. The molecule has 0 spiro atoms. The van der Waals surface area contributed by atoms with Crippen molar-refractivity contribution < 1.29 is 9.21 Å². The Morgan fingerprint density at radius 2 is 2.38 bits per heavy atom. The van der Waals surface area contributed by atoms with Gasteiger partial charge in [-0.3, -0.25) is 4.79 Å².